The quantitative estimate of drug-likeness (QED) is 0.485. The van der Waals surface area contributed by atoms with E-state index in [4.69, 9.17) is 9.84 Å². The van der Waals surface area contributed by atoms with Crippen LogP contribution in [0.3, 0.4) is 0 Å². The molecule has 0 saturated heterocycles. The van der Waals surface area contributed by atoms with Crippen LogP contribution >= 0.6 is 0 Å². The van der Waals surface area contributed by atoms with Gasteiger partial charge in [-0.3, -0.25) is 9.59 Å². The van der Waals surface area contributed by atoms with Gasteiger partial charge in [-0.15, -0.1) is 0 Å². The van der Waals surface area contributed by atoms with Crippen molar-refractivity contribution in [2.75, 3.05) is 13.2 Å². The molecule has 4 nitrogen and oxygen atoms in total. The highest BCUT2D eigenvalue weighted by Crippen LogP contribution is 2.20. The summed E-state index contributed by atoms with van der Waals surface area (Å²) in [4.78, 5) is 24.4. The summed E-state index contributed by atoms with van der Waals surface area (Å²) in [5, 5.41) is 8.71. The Kier molecular flexibility index (Phi) is 6.06. The molecule has 0 aliphatic heterocycles. The first-order valence-electron chi connectivity index (χ1n) is 7.60. The lowest BCUT2D eigenvalue weighted by Crippen LogP contribution is -2.15. The third-order valence-electron chi connectivity index (χ3n) is 3.59. The summed E-state index contributed by atoms with van der Waals surface area (Å²) < 4.78 is 5.10. The van der Waals surface area contributed by atoms with E-state index in [-0.39, 0.29) is 25.0 Å². The molecule has 0 aromatic heterocycles. The minimum Gasteiger partial charge on any atom is -0.465 e. The van der Waals surface area contributed by atoms with E-state index < -0.39 is 5.92 Å². The minimum absolute atomic E-state index is 0.0112. The highest BCUT2D eigenvalue weighted by molar-refractivity contribution is 6.09. The summed E-state index contributed by atoms with van der Waals surface area (Å²) >= 11 is 0. The zero-order valence-electron chi connectivity index (χ0n) is 13.1. The first-order valence-corrected chi connectivity index (χ1v) is 7.60. The summed E-state index contributed by atoms with van der Waals surface area (Å²) in [5.74, 6) is -0.895. The first kappa shape index (κ1) is 16.9. The van der Waals surface area contributed by atoms with Crippen LogP contribution in [0, 0.1) is 0 Å². The second-order valence-corrected chi connectivity index (χ2v) is 5.29. The molecule has 2 aromatic carbocycles. The smallest absolute Gasteiger partial charge is 0.313 e. The van der Waals surface area contributed by atoms with Crippen LogP contribution in [0.15, 0.2) is 54.6 Å². The van der Waals surface area contributed by atoms with Crippen molar-refractivity contribution in [1.82, 2.24) is 0 Å². The van der Waals surface area contributed by atoms with Crippen molar-refractivity contribution >= 4 is 11.8 Å². The van der Waals surface area contributed by atoms with Crippen molar-refractivity contribution in [2.24, 2.45) is 0 Å². The first-order chi connectivity index (χ1) is 11.1. The molecule has 0 bridgehead atoms. The lowest BCUT2D eigenvalue weighted by molar-refractivity contribution is -0.145. The molecule has 0 aliphatic carbocycles. The lowest BCUT2D eigenvalue weighted by atomic mass is 9.96. The fourth-order valence-corrected chi connectivity index (χ4v) is 2.20. The van der Waals surface area contributed by atoms with E-state index in [9.17, 15) is 9.59 Å². The fraction of sp³-hybridized carbons (Fsp3) is 0.263. The van der Waals surface area contributed by atoms with Crippen LogP contribution in [0.4, 0.5) is 0 Å². The normalized spacial score (nSPS) is 11.7. The third-order valence-corrected chi connectivity index (χ3v) is 3.59. The van der Waals surface area contributed by atoms with Crippen LogP contribution in [0.2, 0.25) is 0 Å². The SMILES string of the molecule is C[C@H](C(=O)OCCCO)c1cccc(C(=O)c2ccccc2)c1. The van der Waals surface area contributed by atoms with Crippen LogP contribution in [-0.4, -0.2) is 30.1 Å². The predicted molar refractivity (Wildman–Crippen MR) is 87.4 cm³/mol. The van der Waals surface area contributed by atoms with Crippen LogP contribution < -0.4 is 0 Å². The average molecular weight is 312 g/mol. The molecule has 0 saturated carbocycles. The average Bonchev–Trinajstić information content (AvgIpc) is 2.61. The van der Waals surface area contributed by atoms with E-state index in [1.54, 1.807) is 43.3 Å². The Labute approximate surface area is 135 Å². The zero-order valence-corrected chi connectivity index (χ0v) is 13.1. The molecule has 2 aromatic rings. The van der Waals surface area contributed by atoms with E-state index in [0.717, 1.165) is 5.56 Å². The summed E-state index contributed by atoms with van der Waals surface area (Å²) in [6.45, 7) is 1.93. The van der Waals surface area contributed by atoms with Gasteiger partial charge in [0.1, 0.15) is 0 Å². The van der Waals surface area contributed by atoms with Gasteiger partial charge in [0.25, 0.3) is 0 Å². The van der Waals surface area contributed by atoms with Gasteiger partial charge >= 0.3 is 5.97 Å². The summed E-state index contributed by atoms with van der Waals surface area (Å²) in [5.41, 5.74) is 1.90. The molecule has 1 N–H and O–H groups in total. The molecule has 0 unspecified atom stereocenters. The molecule has 0 radical (unpaired) electrons. The predicted octanol–water partition coefficient (Wildman–Crippen LogP) is 2.95. The summed E-state index contributed by atoms with van der Waals surface area (Å²) in [6.07, 6.45) is 0.422. The third kappa shape index (κ3) is 4.50. The maximum absolute atomic E-state index is 12.5. The number of benzene rings is 2. The molecule has 2 rings (SSSR count). The Morgan fingerprint density at radius 2 is 1.74 bits per heavy atom. The Balaban J connectivity index is 2.13. The molecule has 0 spiro atoms. The van der Waals surface area contributed by atoms with E-state index in [1.165, 1.54) is 0 Å². The number of rotatable bonds is 7. The number of esters is 1. The second kappa shape index (κ2) is 8.25. The molecular weight excluding hydrogens is 292 g/mol. The van der Waals surface area contributed by atoms with Gasteiger partial charge in [-0.05, 0) is 18.6 Å². The monoisotopic (exact) mass is 312 g/mol. The second-order valence-electron chi connectivity index (χ2n) is 5.29. The fourth-order valence-electron chi connectivity index (χ4n) is 2.20. The van der Waals surface area contributed by atoms with Crippen LogP contribution in [0.1, 0.15) is 40.7 Å². The Bertz CT molecular complexity index is 664. The zero-order chi connectivity index (χ0) is 16.7. The van der Waals surface area contributed by atoms with E-state index in [0.29, 0.717) is 17.5 Å². The maximum atomic E-state index is 12.5. The lowest BCUT2D eigenvalue weighted by Gasteiger charge is -2.12. The summed E-state index contributed by atoms with van der Waals surface area (Å²) in [6, 6.07) is 16.1. The highest BCUT2D eigenvalue weighted by atomic mass is 16.5. The highest BCUT2D eigenvalue weighted by Gasteiger charge is 2.18. The van der Waals surface area contributed by atoms with Crippen molar-refractivity contribution in [2.45, 2.75) is 19.3 Å². The van der Waals surface area contributed by atoms with E-state index in [2.05, 4.69) is 0 Å². The molecule has 0 heterocycles. The van der Waals surface area contributed by atoms with Crippen LogP contribution in [-0.2, 0) is 9.53 Å². The van der Waals surface area contributed by atoms with Crippen molar-refractivity contribution < 1.29 is 19.4 Å². The molecule has 0 fully saturated rings. The molecule has 0 aliphatic rings. The molecule has 23 heavy (non-hydrogen) atoms. The van der Waals surface area contributed by atoms with Gasteiger partial charge in [-0.2, -0.15) is 0 Å². The Morgan fingerprint density at radius 1 is 1.04 bits per heavy atom. The molecule has 120 valence electrons. The van der Waals surface area contributed by atoms with Crippen molar-refractivity contribution in [3.05, 3.63) is 71.3 Å². The number of ether oxygens (including phenoxy) is 1. The van der Waals surface area contributed by atoms with Crippen LogP contribution in [0.5, 0.6) is 0 Å². The topological polar surface area (TPSA) is 63.6 Å². The largest absolute Gasteiger partial charge is 0.465 e. The van der Waals surface area contributed by atoms with Crippen molar-refractivity contribution in [3.63, 3.8) is 0 Å². The molecule has 0 amide bonds. The Hall–Kier alpha value is -2.46. The van der Waals surface area contributed by atoms with Gasteiger partial charge in [-0.1, -0.05) is 48.5 Å². The molecule has 4 heteroatoms. The van der Waals surface area contributed by atoms with Gasteiger partial charge in [0.15, 0.2) is 5.78 Å². The number of aliphatic hydroxyl groups excluding tert-OH is 1. The van der Waals surface area contributed by atoms with Crippen molar-refractivity contribution in [3.8, 4) is 0 Å². The van der Waals surface area contributed by atoms with E-state index in [1.807, 2.05) is 18.2 Å². The number of aliphatic hydroxyl groups is 1. The minimum atomic E-state index is -0.461. The van der Waals surface area contributed by atoms with Gasteiger partial charge in [0, 0.05) is 24.2 Å². The molecular formula is C19H20O4. The number of hydrogen-bond acceptors (Lipinski definition) is 4. The number of carbonyl (C=O) groups excluding carboxylic acids is 2. The van der Waals surface area contributed by atoms with Crippen molar-refractivity contribution in [1.29, 1.82) is 0 Å². The van der Waals surface area contributed by atoms with Gasteiger partial charge in [0.2, 0.25) is 0 Å². The maximum Gasteiger partial charge on any atom is 0.313 e. The Morgan fingerprint density at radius 3 is 2.43 bits per heavy atom. The van der Waals surface area contributed by atoms with Crippen LogP contribution in [0.25, 0.3) is 0 Å². The molecule has 1 atom stereocenters. The van der Waals surface area contributed by atoms with Gasteiger partial charge in [-0.25, -0.2) is 0 Å². The van der Waals surface area contributed by atoms with Gasteiger partial charge in [0.05, 0.1) is 12.5 Å². The number of carbonyl (C=O) groups is 2. The van der Waals surface area contributed by atoms with Gasteiger partial charge < -0.3 is 9.84 Å². The number of ketones is 1. The summed E-state index contributed by atoms with van der Waals surface area (Å²) in [7, 11) is 0. The standard InChI is InChI=1S/C19H20O4/c1-14(19(22)23-12-6-11-20)16-9-5-10-17(13-16)18(21)15-7-3-2-4-8-15/h2-5,7-10,13-14,20H,6,11-12H2,1H3/t14-/m0/s1. The number of hydrogen-bond donors (Lipinski definition) is 1. The van der Waals surface area contributed by atoms with E-state index >= 15 is 0 Å².